The molecular formula is C24H21ClF2N8O2. The van der Waals surface area contributed by atoms with Gasteiger partial charge in [-0.3, -0.25) is 9.78 Å². The van der Waals surface area contributed by atoms with E-state index in [0.717, 1.165) is 0 Å². The molecule has 1 amide bonds. The number of rotatable bonds is 5. The molecule has 2 N–H and O–H groups in total. The van der Waals surface area contributed by atoms with Crippen molar-refractivity contribution in [3.05, 3.63) is 70.7 Å². The van der Waals surface area contributed by atoms with Gasteiger partial charge >= 0.3 is 0 Å². The van der Waals surface area contributed by atoms with Crippen molar-refractivity contribution < 1.29 is 18.7 Å². The van der Waals surface area contributed by atoms with Crippen LogP contribution >= 0.6 is 11.6 Å². The fraction of sp³-hybridized carbons (Fsp3) is 0.333. The largest absolute Gasteiger partial charge is 0.390 e. The maximum absolute atomic E-state index is 15.3. The Labute approximate surface area is 214 Å². The molecule has 1 unspecified atom stereocenters. The van der Waals surface area contributed by atoms with Crippen LogP contribution in [0, 0.1) is 11.6 Å². The Bertz CT molecular complexity index is 1480. The van der Waals surface area contributed by atoms with E-state index in [0.29, 0.717) is 42.0 Å². The zero-order valence-electron chi connectivity index (χ0n) is 19.4. The summed E-state index contributed by atoms with van der Waals surface area (Å²) in [6.45, 7) is -0.517. The standard InChI is InChI=1S/C24H21ClF2N8O2/c25-15-2-4-18(34-11-30-32-33-34)21(23(15)27)12-7-13-1-3-19(35(13)20(37)8-12)24-29-9-16(31-24)14-5-6-28-17(10-36)22(14)26/h2,4-6,9,11-13,19,36H,1,3,7-8,10H2,(H,29,31)/t12?,13-,19-/m1/s1. The van der Waals surface area contributed by atoms with Gasteiger partial charge in [0, 0.05) is 29.8 Å². The molecule has 0 radical (unpaired) electrons. The highest BCUT2D eigenvalue weighted by molar-refractivity contribution is 6.30. The second-order valence-electron chi connectivity index (χ2n) is 9.19. The van der Waals surface area contributed by atoms with Crippen molar-refractivity contribution in [2.45, 2.75) is 50.3 Å². The zero-order chi connectivity index (χ0) is 25.7. The molecule has 2 aliphatic heterocycles. The van der Waals surface area contributed by atoms with Gasteiger partial charge in [-0.05, 0) is 53.8 Å². The van der Waals surface area contributed by atoms with Gasteiger partial charge in [0.2, 0.25) is 5.91 Å². The van der Waals surface area contributed by atoms with Crippen LogP contribution in [0.2, 0.25) is 5.02 Å². The van der Waals surface area contributed by atoms with Crippen molar-refractivity contribution >= 4 is 17.5 Å². The molecule has 6 rings (SSSR count). The Morgan fingerprint density at radius 1 is 1.16 bits per heavy atom. The fourth-order valence-corrected chi connectivity index (χ4v) is 5.74. The molecule has 0 spiro atoms. The maximum atomic E-state index is 15.3. The van der Waals surface area contributed by atoms with Crippen LogP contribution in [0.25, 0.3) is 16.9 Å². The molecule has 2 fully saturated rings. The molecular weight excluding hydrogens is 506 g/mol. The van der Waals surface area contributed by atoms with Gasteiger partial charge in [0.25, 0.3) is 0 Å². The summed E-state index contributed by atoms with van der Waals surface area (Å²) in [4.78, 5) is 26.7. The summed E-state index contributed by atoms with van der Waals surface area (Å²) in [5, 5.41) is 20.5. The Morgan fingerprint density at radius 2 is 2.03 bits per heavy atom. The number of H-pyrrole nitrogens is 1. The fourth-order valence-electron chi connectivity index (χ4n) is 5.57. The predicted octanol–water partition coefficient (Wildman–Crippen LogP) is 3.48. The highest BCUT2D eigenvalue weighted by Crippen LogP contribution is 2.46. The maximum Gasteiger partial charge on any atom is 0.224 e. The molecule has 3 aromatic heterocycles. The minimum Gasteiger partial charge on any atom is -0.390 e. The molecule has 10 nitrogen and oxygen atoms in total. The number of carbonyl (C=O) groups is 1. The second-order valence-corrected chi connectivity index (χ2v) is 9.60. The van der Waals surface area contributed by atoms with E-state index in [1.807, 2.05) is 0 Å². The monoisotopic (exact) mass is 526 g/mol. The van der Waals surface area contributed by atoms with E-state index in [2.05, 4.69) is 30.5 Å². The predicted molar refractivity (Wildman–Crippen MR) is 126 cm³/mol. The van der Waals surface area contributed by atoms with Gasteiger partial charge in [-0.1, -0.05) is 11.6 Å². The van der Waals surface area contributed by atoms with Gasteiger partial charge < -0.3 is 15.0 Å². The van der Waals surface area contributed by atoms with Crippen LogP contribution in [0.5, 0.6) is 0 Å². The minimum atomic E-state index is -0.622. The first-order valence-electron chi connectivity index (χ1n) is 11.8. The lowest BCUT2D eigenvalue weighted by atomic mass is 9.84. The van der Waals surface area contributed by atoms with Crippen LogP contribution in [0.4, 0.5) is 8.78 Å². The molecule has 2 aliphatic rings. The number of pyridine rings is 1. The van der Waals surface area contributed by atoms with Crippen LogP contribution in [0.3, 0.4) is 0 Å². The summed E-state index contributed by atoms with van der Waals surface area (Å²) in [6.07, 6.45) is 6.31. The van der Waals surface area contributed by atoms with Gasteiger partial charge in [-0.25, -0.2) is 18.4 Å². The first kappa shape index (κ1) is 23.6. The van der Waals surface area contributed by atoms with Gasteiger partial charge in [-0.2, -0.15) is 0 Å². The van der Waals surface area contributed by atoms with Crippen molar-refractivity contribution in [2.75, 3.05) is 0 Å². The van der Waals surface area contributed by atoms with E-state index in [1.54, 1.807) is 11.0 Å². The second kappa shape index (κ2) is 9.27. The molecule has 2 saturated heterocycles. The highest BCUT2D eigenvalue weighted by Gasteiger charge is 2.45. The SMILES string of the molecule is O=C1CC(c2c(-n3cnnn3)ccc(Cl)c2F)C[C@H]2CC[C@H](c3ncc(-c4ccnc(CO)c4F)[nH]3)N12. The molecule has 3 atom stereocenters. The van der Waals surface area contributed by atoms with Gasteiger partial charge in [-0.15, -0.1) is 5.10 Å². The number of aliphatic hydroxyl groups is 1. The average Bonchev–Trinajstić information content (AvgIpc) is 3.66. The highest BCUT2D eigenvalue weighted by atomic mass is 35.5. The van der Waals surface area contributed by atoms with Crippen LogP contribution in [0.15, 0.2) is 36.9 Å². The Morgan fingerprint density at radius 3 is 2.81 bits per heavy atom. The van der Waals surface area contributed by atoms with E-state index in [1.165, 1.54) is 35.5 Å². The molecule has 13 heteroatoms. The quantitative estimate of drug-likeness (QED) is 0.408. The van der Waals surface area contributed by atoms with Gasteiger partial charge in [0.1, 0.15) is 23.7 Å². The molecule has 1 aromatic carbocycles. The number of tetrazole rings is 1. The molecule has 0 saturated carbocycles. The number of halogens is 3. The lowest BCUT2D eigenvalue weighted by Gasteiger charge is -2.38. The van der Waals surface area contributed by atoms with Crippen molar-refractivity contribution in [1.29, 1.82) is 0 Å². The lowest BCUT2D eigenvalue weighted by molar-refractivity contribution is -0.137. The summed E-state index contributed by atoms with van der Waals surface area (Å²) in [5.41, 5.74) is 1.39. The number of aromatic nitrogens is 7. The van der Waals surface area contributed by atoms with Crippen LogP contribution in [0.1, 0.15) is 54.7 Å². The number of imidazole rings is 1. The summed E-state index contributed by atoms with van der Waals surface area (Å²) in [7, 11) is 0. The van der Waals surface area contributed by atoms with Crippen LogP contribution in [-0.2, 0) is 11.4 Å². The third kappa shape index (κ3) is 3.96. The number of benzene rings is 1. The number of aliphatic hydroxyl groups excluding tert-OH is 1. The average molecular weight is 527 g/mol. The summed E-state index contributed by atoms with van der Waals surface area (Å²) >= 11 is 6.11. The third-order valence-corrected chi connectivity index (χ3v) is 7.49. The van der Waals surface area contributed by atoms with E-state index in [4.69, 9.17) is 11.6 Å². The number of fused-ring (bicyclic) bond motifs is 1. The first-order chi connectivity index (χ1) is 18.0. The van der Waals surface area contributed by atoms with Crippen molar-refractivity contribution in [1.82, 2.24) is 40.1 Å². The Hall–Kier alpha value is -3.77. The Balaban J connectivity index is 1.28. The summed E-state index contributed by atoms with van der Waals surface area (Å²) in [6, 6.07) is 4.17. The summed E-state index contributed by atoms with van der Waals surface area (Å²) < 4.78 is 31.4. The van der Waals surface area contributed by atoms with Gasteiger partial charge in [0.05, 0.1) is 35.2 Å². The number of aromatic amines is 1. The molecule has 0 bridgehead atoms. The molecule has 4 aromatic rings. The van der Waals surface area contributed by atoms with E-state index in [-0.39, 0.29) is 40.7 Å². The topological polar surface area (TPSA) is 126 Å². The lowest BCUT2D eigenvalue weighted by Crippen LogP contribution is -2.43. The van der Waals surface area contributed by atoms with Crippen molar-refractivity contribution in [3.8, 4) is 16.9 Å². The van der Waals surface area contributed by atoms with Gasteiger partial charge in [0.15, 0.2) is 5.82 Å². The van der Waals surface area contributed by atoms with Crippen molar-refractivity contribution in [2.24, 2.45) is 0 Å². The number of nitrogens with zero attached hydrogens (tertiary/aromatic N) is 7. The number of piperidine rings is 1. The smallest absolute Gasteiger partial charge is 0.224 e. The van der Waals surface area contributed by atoms with Crippen LogP contribution in [-0.4, -0.2) is 57.1 Å². The van der Waals surface area contributed by atoms with E-state index in [9.17, 15) is 14.3 Å². The molecule has 0 aliphatic carbocycles. The number of carbonyl (C=O) groups excluding carboxylic acids is 1. The van der Waals surface area contributed by atoms with Crippen molar-refractivity contribution in [3.63, 3.8) is 0 Å². The Kier molecular flexibility index (Phi) is 5.92. The normalized spacial score (nSPS) is 21.5. The molecule has 5 heterocycles. The van der Waals surface area contributed by atoms with E-state index >= 15 is 4.39 Å². The number of nitrogens with one attached hydrogen (secondary N) is 1. The first-order valence-corrected chi connectivity index (χ1v) is 12.2. The van der Waals surface area contributed by atoms with E-state index < -0.39 is 24.2 Å². The number of amides is 1. The zero-order valence-corrected chi connectivity index (χ0v) is 20.1. The summed E-state index contributed by atoms with van der Waals surface area (Å²) in [5.74, 6) is -1.17. The molecule has 190 valence electrons. The van der Waals surface area contributed by atoms with Crippen LogP contribution < -0.4 is 0 Å². The minimum absolute atomic E-state index is 0.0261. The molecule has 37 heavy (non-hydrogen) atoms. The number of hydrogen-bond donors (Lipinski definition) is 2. The number of hydrogen-bond acceptors (Lipinski definition) is 7. The third-order valence-electron chi connectivity index (χ3n) is 7.19.